The quantitative estimate of drug-likeness (QED) is 0.530. The van der Waals surface area contributed by atoms with Crippen LogP contribution in [0.4, 0.5) is 13.2 Å². The molecule has 1 aromatic heterocycles. The van der Waals surface area contributed by atoms with Crippen LogP contribution in [-0.2, 0) is 13.5 Å². The zero-order valence-electron chi connectivity index (χ0n) is 18.3. The number of carbonyl (C=O) groups is 1. The molecule has 2 aromatic carbocycles. The lowest BCUT2D eigenvalue weighted by Gasteiger charge is -2.40. The molecule has 0 spiro atoms. The van der Waals surface area contributed by atoms with Crippen molar-refractivity contribution in [3.63, 3.8) is 0 Å². The van der Waals surface area contributed by atoms with Gasteiger partial charge in [-0.2, -0.15) is 5.10 Å². The third-order valence-electron chi connectivity index (χ3n) is 6.01. The Morgan fingerprint density at radius 2 is 1.88 bits per heavy atom. The minimum Gasteiger partial charge on any atom is -0.497 e. The fourth-order valence-corrected chi connectivity index (χ4v) is 4.57. The number of halogens is 3. The maximum absolute atomic E-state index is 14.6. The number of fused-ring (bicyclic) bond motifs is 1. The fourth-order valence-electron chi connectivity index (χ4n) is 4.57. The Bertz CT molecular complexity index is 1190. The van der Waals surface area contributed by atoms with E-state index in [0.717, 1.165) is 11.6 Å². The van der Waals surface area contributed by atoms with Crippen LogP contribution in [0.15, 0.2) is 36.4 Å². The molecule has 32 heavy (non-hydrogen) atoms. The van der Waals surface area contributed by atoms with Crippen LogP contribution in [0.1, 0.15) is 47.9 Å². The Labute approximate surface area is 184 Å². The summed E-state index contributed by atoms with van der Waals surface area (Å²) in [7, 11) is 3.18. The number of ether oxygens (including phenoxy) is 1. The van der Waals surface area contributed by atoms with Crippen LogP contribution < -0.4 is 4.74 Å². The molecule has 0 aliphatic carbocycles. The first kappa shape index (κ1) is 21.9. The van der Waals surface area contributed by atoms with Gasteiger partial charge in [-0.05, 0) is 44.0 Å². The molecule has 5 nitrogen and oxygen atoms in total. The number of benzene rings is 2. The van der Waals surface area contributed by atoms with Crippen molar-refractivity contribution in [2.45, 2.75) is 38.8 Å². The second kappa shape index (κ2) is 8.33. The van der Waals surface area contributed by atoms with Crippen molar-refractivity contribution in [3.05, 3.63) is 70.7 Å². The summed E-state index contributed by atoms with van der Waals surface area (Å²) in [5.41, 5.74) is 2.24. The van der Waals surface area contributed by atoms with Crippen LogP contribution in [0, 0.1) is 17.5 Å². The van der Waals surface area contributed by atoms with Gasteiger partial charge in [-0.15, -0.1) is 0 Å². The van der Waals surface area contributed by atoms with E-state index in [4.69, 9.17) is 4.74 Å². The van der Waals surface area contributed by atoms with Crippen LogP contribution in [0.3, 0.4) is 0 Å². The molecule has 3 aromatic rings. The molecule has 0 bridgehead atoms. The van der Waals surface area contributed by atoms with Gasteiger partial charge in [-0.25, -0.2) is 13.2 Å². The molecule has 2 atom stereocenters. The Balaban J connectivity index is 1.80. The Morgan fingerprint density at radius 3 is 2.56 bits per heavy atom. The monoisotopic (exact) mass is 443 g/mol. The van der Waals surface area contributed by atoms with Crippen LogP contribution in [-0.4, -0.2) is 33.7 Å². The molecule has 2 heterocycles. The number of carbonyl (C=O) groups excluding carboxylic acids is 1. The fraction of sp³-hybridized carbons (Fsp3) is 0.333. The van der Waals surface area contributed by atoms with Crippen molar-refractivity contribution in [2.75, 3.05) is 7.11 Å². The number of hydrogen-bond acceptors (Lipinski definition) is 3. The summed E-state index contributed by atoms with van der Waals surface area (Å²) in [6.07, 6.45) is 0.993. The predicted molar refractivity (Wildman–Crippen MR) is 114 cm³/mol. The van der Waals surface area contributed by atoms with E-state index in [-0.39, 0.29) is 23.6 Å². The van der Waals surface area contributed by atoms with Crippen LogP contribution in [0.2, 0.25) is 0 Å². The number of methoxy groups -OCH3 is 1. The number of rotatable bonds is 4. The van der Waals surface area contributed by atoms with E-state index in [1.54, 1.807) is 43.3 Å². The first-order valence-corrected chi connectivity index (χ1v) is 10.4. The molecule has 168 valence electrons. The maximum atomic E-state index is 14.6. The van der Waals surface area contributed by atoms with Crippen molar-refractivity contribution in [1.29, 1.82) is 0 Å². The molecule has 8 heteroatoms. The molecule has 1 aliphatic heterocycles. The van der Waals surface area contributed by atoms with Gasteiger partial charge in [0.05, 0.1) is 24.5 Å². The second-order valence-electron chi connectivity index (χ2n) is 8.00. The number of amides is 1. The SMILES string of the molecule is CCC1c2nn(C)c(-c3cc(F)c(F)cc3F)c2CC(C)N1C(=O)c1cccc(OC)c1. The molecule has 0 radical (unpaired) electrons. The first-order chi connectivity index (χ1) is 15.3. The number of aromatic nitrogens is 2. The van der Waals surface area contributed by atoms with Crippen molar-refractivity contribution >= 4 is 5.91 Å². The minimum atomic E-state index is -1.24. The van der Waals surface area contributed by atoms with Gasteiger partial charge in [0, 0.05) is 35.8 Å². The van der Waals surface area contributed by atoms with Gasteiger partial charge in [-0.3, -0.25) is 9.48 Å². The molecule has 0 saturated heterocycles. The standard InChI is InChI=1S/C24H24F3N3O2/c1-5-21-22-17(23(29(3)28-22)16-11-19(26)20(27)12-18(16)25)9-13(2)30(21)24(31)14-7-6-8-15(10-14)32-4/h6-8,10-13,21H,5,9H2,1-4H3. The summed E-state index contributed by atoms with van der Waals surface area (Å²) < 4.78 is 48.7. The summed E-state index contributed by atoms with van der Waals surface area (Å²) in [6, 6.07) is 7.81. The van der Waals surface area contributed by atoms with E-state index in [2.05, 4.69) is 5.10 Å². The highest BCUT2D eigenvalue weighted by Gasteiger charge is 2.39. The minimum absolute atomic E-state index is 0.0465. The number of aryl methyl sites for hydroxylation is 1. The summed E-state index contributed by atoms with van der Waals surface area (Å²) in [6.45, 7) is 3.87. The number of hydrogen-bond donors (Lipinski definition) is 0. The highest BCUT2D eigenvalue weighted by molar-refractivity contribution is 5.95. The molecule has 4 rings (SSSR count). The average Bonchev–Trinajstić information content (AvgIpc) is 3.10. The predicted octanol–water partition coefficient (Wildman–Crippen LogP) is 5.05. The largest absolute Gasteiger partial charge is 0.497 e. The zero-order chi connectivity index (χ0) is 23.2. The molecule has 0 N–H and O–H groups in total. The summed E-state index contributed by atoms with van der Waals surface area (Å²) in [5.74, 6) is -2.78. The Morgan fingerprint density at radius 1 is 1.16 bits per heavy atom. The lowest BCUT2D eigenvalue weighted by Crippen LogP contribution is -2.45. The first-order valence-electron chi connectivity index (χ1n) is 10.4. The molecular weight excluding hydrogens is 419 g/mol. The lowest BCUT2D eigenvalue weighted by molar-refractivity contribution is 0.0544. The molecule has 2 unspecified atom stereocenters. The Hall–Kier alpha value is -3.29. The molecule has 1 aliphatic rings. The van der Waals surface area contributed by atoms with Crippen molar-refractivity contribution in [2.24, 2.45) is 7.05 Å². The topological polar surface area (TPSA) is 47.4 Å². The summed E-state index contributed by atoms with van der Waals surface area (Å²) >= 11 is 0. The van der Waals surface area contributed by atoms with Crippen LogP contribution in [0.5, 0.6) is 5.75 Å². The molecular formula is C24H24F3N3O2. The maximum Gasteiger partial charge on any atom is 0.254 e. The van der Waals surface area contributed by atoms with Crippen LogP contribution >= 0.6 is 0 Å². The third-order valence-corrected chi connectivity index (χ3v) is 6.01. The van der Waals surface area contributed by atoms with E-state index in [0.29, 0.717) is 41.6 Å². The molecule has 0 saturated carbocycles. The van der Waals surface area contributed by atoms with Crippen molar-refractivity contribution in [1.82, 2.24) is 14.7 Å². The van der Waals surface area contributed by atoms with E-state index in [1.807, 2.05) is 13.8 Å². The summed E-state index contributed by atoms with van der Waals surface area (Å²) in [4.78, 5) is 15.2. The van der Waals surface area contributed by atoms with Gasteiger partial charge < -0.3 is 9.64 Å². The van der Waals surface area contributed by atoms with Crippen molar-refractivity contribution in [3.8, 4) is 17.0 Å². The van der Waals surface area contributed by atoms with Gasteiger partial charge in [0.25, 0.3) is 5.91 Å². The lowest BCUT2D eigenvalue weighted by atomic mass is 9.89. The second-order valence-corrected chi connectivity index (χ2v) is 8.00. The smallest absolute Gasteiger partial charge is 0.254 e. The van der Waals surface area contributed by atoms with E-state index >= 15 is 0 Å². The average molecular weight is 443 g/mol. The van der Waals surface area contributed by atoms with Crippen LogP contribution in [0.25, 0.3) is 11.3 Å². The van der Waals surface area contributed by atoms with Gasteiger partial charge in [-0.1, -0.05) is 13.0 Å². The third kappa shape index (κ3) is 3.53. The summed E-state index contributed by atoms with van der Waals surface area (Å²) in [5, 5.41) is 4.58. The molecule has 0 fully saturated rings. The Kier molecular flexibility index (Phi) is 5.71. The number of nitrogens with zero attached hydrogens (tertiary/aromatic N) is 3. The normalized spacial score (nSPS) is 17.9. The van der Waals surface area contributed by atoms with Gasteiger partial charge >= 0.3 is 0 Å². The van der Waals surface area contributed by atoms with E-state index in [9.17, 15) is 18.0 Å². The zero-order valence-corrected chi connectivity index (χ0v) is 18.3. The van der Waals surface area contributed by atoms with Gasteiger partial charge in [0.2, 0.25) is 0 Å². The van der Waals surface area contributed by atoms with Gasteiger partial charge in [0.1, 0.15) is 11.6 Å². The highest BCUT2D eigenvalue weighted by Crippen LogP contribution is 2.41. The van der Waals surface area contributed by atoms with E-state index in [1.165, 1.54) is 4.68 Å². The molecule has 1 amide bonds. The van der Waals surface area contributed by atoms with Gasteiger partial charge in [0.15, 0.2) is 11.6 Å². The van der Waals surface area contributed by atoms with E-state index < -0.39 is 17.5 Å². The van der Waals surface area contributed by atoms with Crippen molar-refractivity contribution < 1.29 is 22.7 Å². The highest BCUT2D eigenvalue weighted by atomic mass is 19.2.